The van der Waals surface area contributed by atoms with Crippen molar-refractivity contribution in [3.05, 3.63) is 42.1 Å². The number of thioether (sulfide) groups is 1. The van der Waals surface area contributed by atoms with Gasteiger partial charge in [-0.15, -0.1) is 11.8 Å². The molecule has 2 nitrogen and oxygen atoms in total. The molecule has 4 heteroatoms. The zero-order valence-corrected chi connectivity index (χ0v) is 8.80. The van der Waals surface area contributed by atoms with Crippen molar-refractivity contribution in [2.45, 2.75) is 11.6 Å². The smallest absolute Gasteiger partial charge is 0.123 e. The monoisotopic (exact) mass is 220 g/mol. The molecule has 0 spiro atoms. The van der Waals surface area contributed by atoms with Crippen LogP contribution in [0.15, 0.2) is 30.5 Å². The summed E-state index contributed by atoms with van der Waals surface area (Å²) < 4.78 is 14.9. The average molecular weight is 220 g/mol. The Hall–Kier alpha value is -1.29. The van der Waals surface area contributed by atoms with Crippen molar-refractivity contribution in [3.8, 4) is 11.3 Å². The van der Waals surface area contributed by atoms with Crippen molar-refractivity contribution in [1.82, 2.24) is 9.55 Å². The predicted octanol–water partition coefficient (Wildman–Crippen LogP) is 2.89. The molecule has 0 N–H and O–H groups in total. The van der Waals surface area contributed by atoms with Crippen molar-refractivity contribution in [3.63, 3.8) is 0 Å². The minimum Gasteiger partial charge on any atom is -0.324 e. The molecule has 2 heterocycles. The van der Waals surface area contributed by atoms with Crippen LogP contribution in [0.1, 0.15) is 5.82 Å². The first kappa shape index (κ1) is 8.97. The first-order chi connectivity index (χ1) is 7.33. The molecule has 0 radical (unpaired) electrons. The summed E-state index contributed by atoms with van der Waals surface area (Å²) >= 11 is 1.86. The number of imidazole rings is 1. The van der Waals surface area contributed by atoms with Crippen LogP contribution in [0, 0.1) is 5.82 Å². The quantitative estimate of drug-likeness (QED) is 0.735. The second kappa shape index (κ2) is 3.38. The lowest BCUT2D eigenvalue weighted by Gasteiger charge is -1.96. The van der Waals surface area contributed by atoms with Crippen molar-refractivity contribution < 1.29 is 4.39 Å². The molecule has 1 aromatic carbocycles. The molecule has 0 bridgehead atoms. The SMILES string of the molecule is Fc1ccc(-c2cn3c(n2)CSC3)cc1. The van der Waals surface area contributed by atoms with E-state index in [0.29, 0.717) is 0 Å². The Kier molecular flexibility index (Phi) is 2.02. The van der Waals surface area contributed by atoms with E-state index in [1.54, 1.807) is 12.1 Å². The van der Waals surface area contributed by atoms with Crippen LogP contribution in [0.25, 0.3) is 11.3 Å². The van der Waals surface area contributed by atoms with Crippen LogP contribution in [0.3, 0.4) is 0 Å². The normalized spacial score (nSPS) is 14.2. The summed E-state index contributed by atoms with van der Waals surface area (Å²) in [5, 5.41) is 0. The number of hydrogen-bond acceptors (Lipinski definition) is 2. The first-order valence-electron chi connectivity index (χ1n) is 4.73. The van der Waals surface area contributed by atoms with Gasteiger partial charge in [0.25, 0.3) is 0 Å². The van der Waals surface area contributed by atoms with Gasteiger partial charge in [0.05, 0.1) is 17.3 Å². The molecule has 3 rings (SSSR count). The van der Waals surface area contributed by atoms with E-state index in [0.717, 1.165) is 28.7 Å². The number of hydrogen-bond donors (Lipinski definition) is 0. The molecule has 2 aromatic rings. The van der Waals surface area contributed by atoms with Crippen LogP contribution in [0.2, 0.25) is 0 Å². The summed E-state index contributed by atoms with van der Waals surface area (Å²) in [7, 11) is 0. The third-order valence-corrected chi connectivity index (χ3v) is 3.38. The van der Waals surface area contributed by atoms with Gasteiger partial charge in [0.1, 0.15) is 11.6 Å². The average Bonchev–Trinajstić information content (AvgIpc) is 2.78. The Morgan fingerprint density at radius 3 is 2.80 bits per heavy atom. The summed E-state index contributed by atoms with van der Waals surface area (Å²) in [5.41, 5.74) is 1.91. The molecule has 0 atom stereocenters. The van der Waals surface area contributed by atoms with E-state index in [2.05, 4.69) is 9.55 Å². The lowest BCUT2D eigenvalue weighted by molar-refractivity contribution is 0.628. The van der Waals surface area contributed by atoms with Crippen LogP contribution in [0.5, 0.6) is 0 Å². The van der Waals surface area contributed by atoms with Crippen molar-refractivity contribution in [2.75, 3.05) is 0 Å². The van der Waals surface area contributed by atoms with Gasteiger partial charge in [-0.2, -0.15) is 0 Å². The van der Waals surface area contributed by atoms with Crippen molar-refractivity contribution >= 4 is 11.8 Å². The number of fused-ring (bicyclic) bond motifs is 1. The molecule has 0 unspecified atom stereocenters. The van der Waals surface area contributed by atoms with Crippen LogP contribution >= 0.6 is 11.8 Å². The van der Waals surface area contributed by atoms with Crippen LogP contribution in [-0.2, 0) is 11.6 Å². The molecule has 0 fully saturated rings. The summed E-state index contributed by atoms with van der Waals surface area (Å²) in [4.78, 5) is 4.51. The molecule has 15 heavy (non-hydrogen) atoms. The van der Waals surface area contributed by atoms with Crippen molar-refractivity contribution in [2.24, 2.45) is 0 Å². The maximum Gasteiger partial charge on any atom is 0.123 e. The second-order valence-corrected chi connectivity index (χ2v) is 4.45. The van der Waals surface area contributed by atoms with Gasteiger partial charge in [-0.3, -0.25) is 0 Å². The Morgan fingerprint density at radius 2 is 2.07 bits per heavy atom. The molecular weight excluding hydrogens is 211 g/mol. The van der Waals surface area contributed by atoms with E-state index >= 15 is 0 Å². The molecule has 0 amide bonds. The third kappa shape index (κ3) is 1.55. The fraction of sp³-hybridized carbons (Fsp3) is 0.182. The van der Waals surface area contributed by atoms with Gasteiger partial charge in [0.15, 0.2) is 0 Å². The second-order valence-electron chi connectivity index (χ2n) is 3.50. The number of benzene rings is 1. The Balaban J connectivity index is 2.02. The molecule has 1 aliphatic heterocycles. The summed E-state index contributed by atoms with van der Waals surface area (Å²) in [5.74, 6) is 2.85. The summed E-state index contributed by atoms with van der Waals surface area (Å²) in [6.45, 7) is 0. The van der Waals surface area contributed by atoms with Crippen LogP contribution < -0.4 is 0 Å². The summed E-state index contributed by atoms with van der Waals surface area (Å²) in [6, 6.07) is 6.46. The Morgan fingerprint density at radius 1 is 1.27 bits per heavy atom. The Bertz CT molecular complexity index is 468. The van der Waals surface area contributed by atoms with Gasteiger partial charge in [-0.05, 0) is 24.3 Å². The molecule has 0 aliphatic carbocycles. The molecule has 0 saturated heterocycles. The van der Waals surface area contributed by atoms with E-state index in [9.17, 15) is 4.39 Å². The number of nitrogens with zero attached hydrogens (tertiary/aromatic N) is 2. The largest absolute Gasteiger partial charge is 0.324 e. The van der Waals surface area contributed by atoms with Gasteiger partial charge in [0.2, 0.25) is 0 Å². The van der Waals surface area contributed by atoms with Crippen molar-refractivity contribution in [1.29, 1.82) is 0 Å². The van der Waals surface area contributed by atoms with E-state index in [1.165, 1.54) is 12.1 Å². The molecule has 0 saturated carbocycles. The number of aromatic nitrogens is 2. The van der Waals surface area contributed by atoms with Gasteiger partial charge in [-0.25, -0.2) is 9.37 Å². The van der Waals surface area contributed by atoms with E-state index in [-0.39, 0.29) is 5.82 Å². The van der Waals surface area contributed by atoms with Gasteiger partial charge in [-0.1, -0.05) is 0 Å². The maximum absolute atomic E-state index is 12.7. The highest BCUT2D eigenvalue weighted by Crippen LogP contribution is 2.27. The standard InChI is InChI=1S/C11H9FN2S/c12-9-3-1-8(2-4-9)10-5-14-7-15-6-11(14)13-10/h1-5H,6-7H2. The molecule has 1 aliphatic rings. The van der Waals surface area contributed by atoms with Crippen LogP contribution in [-0.4, -0.2) is 9.55 Å². The highest BCUT2D eigenvalue weighted by molar-refractivity contribution is 7.97. The highest BCUT2D eigenvalue weighted by Gasteiger charge is 2.14. The first-order valence-corrected chi connectivity index (χ1v) is 5.88. The zero-order chi connectivity index (χ0) is 10.3. The lowest BCUT2D eigenvalue weighted by atomic mass is 10.2. The lowest BCUT2D eigenvalue weighted by Crippen LogP contribution is -1.87. The molecular formula is C11H9FN2S. The Labute approximate surface area is 91.1 Å². The summed E-state index contributed by atoms with van der Waals surface area (Å²) in [6.07, 6.45) is 2.03. The topological polar surface area (TPSA) is 17.8 Å². The zero-order valence-electron chi connectivity index (χ0n) is 7.98. The van der Waals surface area contributed by atoms with Gasteiger partial charge < -0.3 is 4.57 Å². The van der Waals surface area contributed by atoms with E-state index in [1.807, 2.05) is 18.0 Å². The fourth-order valence-corrected chi connectivity index (χ4v) is 2.60. The third-order valence-electron chi connectivity index (χ3n) is 2.46. The predicted molar refractivity (Wildman–Crippen MR) is 58.9 cm³/mol. The minimum absolute atomic E-state index is 0.207. The highest BCUT2D eigenvalue weighted by atomic mass is 32.2. The van der Waals surface area contributed by atoms with Gasteiger partial charge >= 0.3 is 0 Å². The van der Waals surface area contributed by atoms with Crippen LogP contribution in [0.4, 0.5) is 4.39 Å². The van der Waals surface area contributed by atoms with E-state index < -0.39 is 0 Å². The number of rotatable bonds is 1. The molecule has 1 aromatic heterocycles. The van der Waals surface area contributed by atoms with E-state index in [4.69, 9.17) is 0 Å². The van der Waals surface area contributed by atoms with Gasteiger partial charge in [0, 0.05) is 11.8 Å². The molecule has 76 valence electrons. The maximum atomic E-state index is 12.7. The fourth-order valence-electron chi connectivity index (χ4n) is 1.68. The minimum atomic E-state index is -0.207. The number of halogens is 1.